The van der Waals surface area contributed by atoms with Crippen LogP contribution >= 0.6 is 23.5 Å². The number of nitrogens with zero attached hydrogens (tertiary/aromatic N) is 2. The molecule has 0 fully saturated rings. The van der Waals surface area contributed by atoms with Gasteiger partial charge in [0.25, 0.3) is 0 Å². The fourth-order valence-corrected chi connectivity index (χ4v) is 16.4. The highest BCUT2D eigenvalue weighted by molar-refractivity contribution is 7.98. The molecule has 4 heterocycles. The molecule has 1 unspecified atom stereocenters. The van der Waals surface area contributed by atoms with Crippen LogP contribution in [0.1, 0.15) is 133 Å². The SMILES string of the molecule is CCC[C@@H]1NC(=O)[C@H](Cc2ccc(O)cc2)NC(=O)[C@H](CCC(=O)O)NC(=O)[C@H](CC(C)C)NC(=O)[C@H](Cc2c[nH]c3ncccc23)NC(=O)[C@H]([C@@H](C)O)NC(=O)[C@H](Cc2cnc[nH]2)NC(=O)[C@H](Cc2ccc(O)cc2)NC(=O)C(C(C)(C)C)NC(=O)[C@@H](NC(=O)[C@H](Cc2ccc(NC(=N)N)cc2)NC(C)=O)CSCc2cccc(c2)CSC[C@@H](C(N)=O)NC(=O)[C@H]([C@@H](C)O)NC1=O. The minimum absolute atomic E-state index is 0.112. The minimum atomic E-state index is -1.98. The molecule has 133 heavy (non-hydrogen) atoms. The number of hydrogen-bond donors (Lipinski definition) is 24. The molecule has 0 radical (unpaired) electrons. The van der Waals surface area contributed by atoms with Crippen LogP contribution in [0, 0.1) is 16.7 Å². The Labute approximate surface area is 775 Å². The zero-order valence-electron chi connectivity index (χ0n) is 75.1. The van der Waals surface area contributed by atoms with Crippen LogP contribution < -0.4 is 85.9 Å². The van der Waals surface area contributed by atoms with Crippen molar-refractivity contribution in [1.29, 1.82) is 5.41 Å². The number of carboxylic acid groups (broad SMARTS) is 1. The van der Waals surface area contributed by atoms with Crippen molar-refractivity contribution in [2.24, 2.45) is 22.8 Å². The Balaban J connectivity index is 1.20. The number of benzene rings is 4. The van der Waals surface area contributed by atoms with E-state index in [9.17, 15) is 63.9 Å². The number of anilines is 1. The molecule has 0 saturated heterocycles. The van der Waals surface area contributed by atoms with Crippen LogP contribution in [0.5, 0.6) is 11.5 Å². The molecule has 0 aliphatic carbocycles. The molecule has 716 valence electrons. The third-order valence-electron chi connectivity index (χ3n) is 21.4. The molecule has 0 saturated carbocycles. The number of aliphatic hydroxyl groups is 2. The Bertz CT molecular complexity index is 5230. The number of aromatic amines is 2. The van der Waals surface area contributed by atoms with Crippen LogP contribution in [0.2, 0.25) is 0 Å². The number of guanidine groups is 1. The van der Waals surface area contributed by atoms with Gasteiger partial charge in [0.2, 0.25) is 82.7 Å². The summed E-state index contributed by atoms with van der Waals surface area (Å²) in [5, 5.41) is 98.4. The summed E-state index contributed by atoms with van der Waals surface area (Å²) in [5.41, 5.74) is 14.2. The first kappa shape index (κ1) is 105. The number of hydrogen-bond acceptors (Lipinski definition) is 24. The highest BCUT2D eigenvalue weighted by Gasteiger charge is 2.42. The molecule has 43 heteroatoms. The van der Waals surface area contributed by atoms with Gasteiger partial charge in [0.1, 0.15) is 95.7 Å². The van der Waals surface area contributed by atoms with E-state index in [0.717, 1.165) is 6.92 Å². The molecular weight excluding hydrogens is 1760 g/mol. The molecule has 7 aromatic rings. The Morgan fingerprint density at radius 1 is 0.556 bits per heavy atom. The fraction of sp³-hybridized carbons (Fsp3) is 0.444. The normalized spacial score (nSPS) is 22.4. The Morgan fingerprint density at radius 3 is 1.56 bits per heavy atom. The van der Waals surface area contributed by atoms with E-state index in [1.807, 2.05) is 6.07 Å². The van der Waals surface area contributed by atoms with E-state index in [1.165, 1.54) is 111 Å². The lowest BCUT2D eigenvalue weighted by molar-refractivity contribution is -0.139. The van der Waals surface area contributed by atoms with Crippen molar-refractivity contribution in [3.63, 3.8) is 0 Å². The maximum atomic E-state index is 15.4. The summed E-state index contributed by atoms with van der Waals surface area (Å²) in [6, 6.07) is 6.50. The number of nitrogens with one attached hydrogen (secondary N) is 17. The van der Waals surface area contributed by atoms with E-state index < -0.39 is 210 Å². The first-order chi connectivity index (χ1) is 63.0. The van der Waals surface area contributed by atoms with Gasteiger partial charge in [0.05, 0.1) is 18.5 Å². The molecule has 1 aliphatic rings. The predicted molar refractivity (Wildman–Crippen MR) is 494 cm³/mol. The van der Waals surface area contributed by atoms with Crippen LogP contribution in [-0.2, 0) is 116 Å². The number of carboxylic acids is 1. The van der Waals surface area contributed by atoms with Gasteiger partial charge in [-0.2, -0.15) is 23.5 Å². The van der Waals surface area contributed by atoms with E-state index in [-0.39, 0.29) is 91.1 Å². The molecule has 8 rings (SSSR count). The van der Waals surface area contributed by atoms with Gasteiger partial charge in [-0.05, 0) is 126 Å². The summed E-state index contributed by atoms with van der Waals surface area (Å²) in [5.74, 6) is -16.6. The predicted octanol–water partition coefficient (Wildman–Crippen LogP) is 0.0224. The van der Waals surface area contributed by atoms with Crippen molar-refractivity contribution < 1.29 is 97.5 Å². The number of thioether (sulfide) groups is 2. The Morgan fingerprint density at radius 2 is 1.05 bits per heavy atom. The minimum Gasteiger partial charge on any atom is -0.508 e. The van der Waals surface area contributed by atoms with Crippen molar-refractivity contribution in [2.45, 2.75) is 229 Å². The van der Waals surface area contributed by atoms with Crippen LogP contribution in [0.3, 0.4) is 0 Å². The van der Waals surface area contributed by atoms with E-state index in [1.54, 1.807) is 96.1 Å². The van der Waals surface area contributed by atoms with Crippen molar-refractivity contribution in [3.8, 4) is 11.5 Å². The summed E-state index contributed by atoms with van der Waals surface area (Å²) in [7, 11) is 0. The number of phenols is 2. The second-order valence-electron chi connectivity index (χ2n) is 34.0. The van der Waals surface area contributed by atoms with Crippen LogP contribution in [0.25, 0.3) is 11.0 Å². The number of carbonyl (C=O) groups is 15. The highest BCUT2D eigenvalue weighted by Crippen LogP contribution is 2.26. The highest BCUT2D eigenvalue weighted by atomic mass is 32.2. The average molecular weight is 1880 g/mol. The zero-order valence-corrected chi connectivity index (χ0v) is 76.7. The molecule has 2 bridgehead atoms. The van der Waals surface area contributed by atoms with E-state index in [0.29, 0.717) is 50.1 Å². The standard InChI is InChI=1S/C90H119N21O20S2/c1-10-13-61-78(121)109-73(48(5)113)87(130)107-69(75(91)119)43-132-41-53-14-11-15-54(33-53)42-133-44-70(108-80(123)64(98-49(6)114)34-50-17-23-56(24-18-50)99-89(92)93)85(128)111-74(90(7,8)9)88(131)106-66(36-52-21-27-59(116)28-22-52)82(125)104-68(38-57-40-94-45-97-57)84(127)110-72(47(4)112)86(129)105-67(37-55-39-96-76-60(55)16-12-31-95-76)83(126)102-63(32-46(2)3)79(122)101-62(29-30-71(117)118)77(120)103-65(81(124)100-61)35-51-19-25-58(115)26-20-51/h11-12,14-28,31,33,39-40,45-48,61-70,72-74,112-113,115-116H,10,13,29-30,32,34-38,41-44H2,1-9H3,(H2,91,119)(H,94,97)(H,95,96)(H,98,114)(H,100,124)(H,101,122)(H,102,126)(H,103,120)(H,104,125)(H,105,129)(H,106,131)(H,107,130)(H,108,123)(H,109,121)(H,110,127)(H,111,128)(H,117,118)(H4,92,93,99)/t47-,48-,61+,62+,63+,64+,65+,66+,67+,68+,69+,70+,72+,73+,74?/m1/s1. The first-order valence-corrected chi connectivity index (χ1v) is 45.5. The van der Waals surface area contributed by atoms with Gasteiger partial charge >= 0.3 is 5.97 Å². The van der Waals surface area contributed by atoms with Crippen LogP contribution in [0.4, 0.5) is 5.69 Å². The van der Waals surface area contributed by atoms with Crippen molar-refractivity contribution in [3.05, 3.63) is 173 Å². The van der Waals surface area contributed by atoms with Gasteiger partial charge in [-0.1, -0.05) is 109 Å². The maximum absolute atomic E-state index is 15.4. The van der Waals surface area contributed by atoms with Gasteiger partial charge in [0, 0.05) is 104 Å². The number of pyridine rings is 1. The fourth-order valence-electron chi connectivity index (χ4n) is 14.4. The third kappa shape index (κ3) is 33.3. The quantitative estimate of drug-likeness (QED) is 0.0280. The second kappa shape index (κ2) is 50.1. The monoisotopic (exact) mass is 1880 g/mol. The summed E-state index contributed by atoms with van der Waals surface area (Å²) in [6.07, 6.45) is -0.984. The van der Waals surface area contributed by atoms with Crippen molar-refractivity contribution in [1.82, 2.24) is 89.1 Å². The average Bonchev–Trinajstić information content (AvgIpc) is 1.72. The zero-order chi connectivity index (χ0) is 97.5. The Kier molecular flexibility index (Phi) is 39.4. The molecule has 0 spiro atoms. The number of aliphatic hydroxyl groups excluding tert-OH is 2. The molecule has 15 atom stereocenters. The number of aromatic nitrogens is 4. The summed E-state index contributed by atoms with van der Waals surface area (Å²) in [4.78, 5) is 233. The molecule has 26 N–H and O–H groups in total. The lowest BCUT2D eigenvalue weighted by Crippen LogP contribution is -2.63. The van der Waals surface area contributed by atoms with Gasteiger partial charge in [-0.3, -0.25) is 77.3 Å². The molecule has 1 aliphatic heterocycles. The van der Waals surface area contributed by atoms with E-state index >= 15 is 33.6 Å². The van der Waals surface area contributed by atoms with Crippen LogP contribution in [0.15, 0.2) is 134 Å². The smallest absolute Gasteiger partial charge is 0.303 e. The number of aliphatic carboxylic acids is 1. The molecule has 3 aromatic heterocycles. The number of rotatable bonds is 24. The molecule has 14 amide bonds. The topological polar surface area (TPSA) is 659 Å². The lowest BCUT2D eigenvalue weighted by Gasteiger charge is -2.33. The lowest BCUT2D eigenvalue weighted by atomic mass is 9.85. The Hall–Kier alpha value is -13.7. The number of fused-ring (bicyclic) bond motifs is 3. The second-order valence-corrected chi connectivity index (χ2v) is 36.1. The van der Waals surface area contributed by atoms with Crippen molar-refractivity contribution >= 4 is 135 Å². The van der Waals surface area contributed by atoms with Gasteiger partial charge < -0.3 is 121 Å². The third-order valence-corrected chi connectivity index (χ3v) is 23.6. The van der Waals surface area contributed by atoms with Crippen LogP contribution in [-0.4, -0.2) is 242 Å². The largest absolute Gasteiger partial charge is 0.508 e. The molecular formula is C90H119N21O20S2. The van der Waals surface area contributed by atoms with Gasteiger partial charge in [0.15, 0.2) is 5.96 Å². The van der Waals surface area contributed by atoms with Gasteiger partial charge in [-0.15, -0.1) is 0 Å². The summed E-state index contributed by atoms with van der Waals surface area (Å²) >= 11 is 2.34. The number of phenolic OH excluding ortho intramolecular Hbond substituents is 2. The molecule has 41 nitrogen and oxygen atoms in total. The maximum Gasteiger partial charge on any atom is 0.303 e. The summed E-state index contributed by atoms with van der Waals surface area (Å²) < 4.78 is 0. The first-order valence-electron chi connectivity index (χ1n) is 43.2. The number of imidazole rings is 1. The van der Waals surface area contributed by atoms with Gasteiger partial charge in [-0.25, -0.2) is 9.97 Å². The molecule has 4 aromatic carbocycles. The number of nitrogens with two attached hydrogens (primary N) is 2. The number of carbonyl (C=O) groups excluding carboxylic acids is 14. The number of aromatic hydroxyl groups is 2. The summed E-state index contributed by atoms with van der Waals surface area (Å²) in [6.45, 7) is 13.4. The number of primary amides is 1. The van der Waals surface area contributed by atoms with E-state index in [2.05, 4.69) is 94.4 Å². The van der Waals surface area contributed by atoms with Crippen molar-refractivity contribution in [2.75, 3.05) is 16.8 Å². The number of H-pyrrole nitrogens is 2. The number of amides is 14. The van der Waals surface area contributed by atoms with E-state index in [4.69, 9.17) is 16.9 Å².